The number of fused-ring (bicyclic) bond motifs is 1. The van der Waals surface area contributed by atoms with Gasteiger partial charge >= 0.3 is 6.09 Å². The molecule has 1 fully saturated rings. The Hall–Kier alpha value is -2.01. The van der Waals surface area contributed by atoms with Crippen molar-refractivity contribution in [2.75, 3.05) is 27.1 Å². The minimum absolute atomic E-state index is 0.169. The molecule has 1 aromatic heterocycles. The molecule has 0 spiro atoms. The lowest BCUT2D eigenvalue weighted by atomic mass is 10.0. The summed E-state index contributed by atoms with van der Waals surface area (Å²) >= 11 is 0. The van der Waals surface area contributed by atoms with Crippen LogP contribution in [-0.4, -0.2) is 49.1 Å². The maximum Gasteiger partial charge on any atom is 0.407 e. The number of hydrogen-bond acceptors (Lipinski definition) is 3. The van der Waals surface area contributed by atoms with Gasteiger partial charge in [-0.15, -0.1) is 0 Å². The summed E-state index contributed by atoms with van der Waals surface area (Å²) in [5.41, 5.74) is -1.92. The van der Waals surface area contributed by atoms with Gasteiger partial charge in [0.25, 0.3) is 0 Å². The van der Waals surface area contributed by atoms with E-state index in [1.54, 1.807) is 0 Å². The van der Waals surface area contributed by atoms with E-state index in [4.69, 9.17) is 22.0 Å². The van der Waals surface area contributed by atoms with E-state index < -0.39 is 98.3 Å². The molecule has 3 rings (SSSR count). The van der Waals surface area contributed by atoms with Crippen LogP contribution in [0.15, 0.2) is 24.3 Å². The van der Waals surface area contributed by atoms with Gasteiger partial charge in [-0.1, -0.05) is 6.04 Å². The molecule has 5 nitrogen and oxygen atoms in total. The van der Waals surface area contributed by atoms with E-state index in [2.05, 4.69) is 4.74 Å². The average molecular weight is 303 g/mol. The van der Waals surface area contributed by atoms with E-state index in [-0.39, 0.29) is 15.2 Å². The highest BCUT2D eigenvalue weighted by Gasteiger charge is 2.22. The Labute approximate surface area is 146 Å². The number of hydrogen-bond donors (Lipinski definition) is 2. The summed E-state index contributed by atoms with van der Waals surface area (Å²) in [6, 6.07) is -4.23. The van der Waals surface area contributed by atoms with Crippen molar-refractivity contribution in [3.8, 4) is 0 Å². The largest absolute Gasteiger partial charge is 0.447 e. The van der Waals surface area contributed by atoms with Crippen LogP contribution in [0.4, 0.5) is 4.79 Å². The number of benzene rings is 1. The third-order valence-electron chi connectivity index (χ3n) is 2.75. The lowest BCUT2D eigenvalue weighted by Crippen LogP contribution is -2.28. The average Bonchev–Trinajstić information content (AvgIpc) is 3.15. The topological polar surface area (TPSA) is 57.4 Å². The van der Waals surface area contributed by atoms with Crippen LogP contribution in [0.3, 0.4) is 0 Å². The number of nitrogens with one attached hydrogen (secondary N) is 2. The summed E-state index contributed by atoms with van der Waals surface area (Å²) in [4.78, 5) is 11.5. The molecule has 0 aliphatic carbocycles. The van der Waals surface area contributed by atoms with Crippen molar-refractivity contribution < 1.29 is 31.5 Å². The second-order valence-corrected chi connectivity index (χ2v) is 4.21. The van der Waals surface area contributed by atoms with Gasteiger partial charge in [-0.3, -0.25) is 0 Å². The van der Waals surface area contributed by atoms with Gasteiger partial charge in [-0.2, -0.15) is 0 Å². The molecule has 0 unspecified atom stereocenters. The number of likely N-dealkylation sites (N-methyl/N-ethyl adjacent to an activating group) is 1. The molecule has 112 valence electrons. The number of amides is 1. The zero-order valence-corrected chi connectivity index (χ0v) is 10.6. The highest BCUT2D eigenvalue weighted by Crippen LogP contribution is 2.21. The SMILES string of the molecule is [2H]c1c(C([2H])([2H])[C@H]2COC(=O)N2[2H])c([2H])c2c(CC([2H])([2H])N(C([2H])([2H])[2H])C([2H])([2H])[2H])c([2H])n([2H])c2c1[2H]. The minimum Gasteiger partial charge on any atom is -0.447 e. The van der Waals surface area contributed by atoms with Crippen LogP contribution in [-0.2, 0) is 17.5 Å². The Kier molecular flexibility index (Phi) is 1.23. The molecule has 1 atom stereocenters. The molecule has 2 heterocycles. The highest BCUT2D eigenvalue weighted by atomic mass is 16.6. The van der Waals surface area contributed by atoms with Crippen molar-refractivity contribution in [1.82, 2.24) is 15.2 Å². The van der Waals surface area contributed by atoms with Crippen LogP contribution < -0.4 is 5.31 Å². The van der Waals surface area contributed by atoms with Crippen molar-refractivity contribution in [2.45, 2.75) is 18.8 Å². The van der Waals surface area contributed by atoms with E-state index >= 15 is 0 Å². The second kappa shape index (κ2) is 5.77. The molecule has 1 aliphatic heterocycles. The fourth-order valence-corrected chi connectivity index (χ4v) is 1.83. The van der Waals surface area contributed by atoms with E-state index in [1.807, 2.05) is 0 Å². The van der Waals surface area contributed by atoms with Crippen molar-refractivity contribution in [1.29, 1.82) is 0 Å². The number of aromatic amines is 1. The summed E-state index contributed by atoms with van der Waals surface area (Å²) in [5, 5.41) is -0.371. The van der Waals surface area contributed by atoms with Gasteiger partial charge in [0.05, 0.1) is 11.5 Å². The zero-order valence-electron chi connectivity index (χ0n) is 26.6. The zero-order chi connectivity index (χ0) is 28.6. The number of aryl methyl sites for hydroxylation is 1. The predicted octanol–water partition coefficient (Wildman–Crippen LogP) is 1.92. The molecule has 0 radical (unpaired) electrons. The van der Waals surface area contributed by atoms with Crippen LogP contribution in [0.2, 0.25) is 2.82 Å². The lowest BCUT2D eigenvalue weighted by Gasteiger charge is -2.09. The first kappa shape index (κ1) is 4.49. The lowest BCUT2D eigenvalue weighted by molar-refractivity contribution is 0.177. The smallest absolute Gasteiger partial charge is 0.407 e. The van der Waals surface area contributed by atoms with Gasteiger partial charge in [0, 0.05) is 37.3 Å². The Morgan fingerprint density at radius 1 is 1.62 bits per heavy atom. The fraction of sp³-hybridized carbons (Fsp3) is 0.438. The summed E-state index contributed by atoms with van der Waals surface area (Å²) in [6.07, 6.45) is -6.02. The highest BCUT2D eigenvalue weighted by molar-refractivity contribution is 5.84. The van der Waals surface area contributed by atoms with Crippen LogP contribution in [0.1, 0.15) is 30.3 Å². The summed E-state index contributed by atoms with van der Waals surface area (Å²) in [7, 11) is 0. The minimum atomic E-state index is -3.47. The maximum absolute atomic E-state index is 11.6. The number of carbonyl (C=O) groups is 1. The van der Waals surface area contributed by atoms with Gasteiger partial charge in [0.1, 0.15) is 6.61 Å². The molecule has 2 N–H and O–H groups in total. The molecular formula is C16H21N3O2. The summed E-state index contributed by atoms with van der Waals surface area (Å²) in [6.45, 7) is -10.8. The first-order valence-corrected chi connectivity index (χ1v) is 5.95. The molecular weight excluding hydrogens is 266 g/mol. The number of H-pyrrole nitrogens is 1. The number of cyclic esters (lactones) is 1. The number of alkyl carbamates (subject to hydrolysis) is 1. The quantitative estimate of drug-likeness (QED) is 0.887. The van der Waals surface area contributed by atoms with E-state index in [9.17, 15) is 4.79 Å². The third-order valence-corrected chi connectivity index (χ3v) is 2.75. The molecule has 2 aromatic rings. The molecule has 0 bridgehead atoms. The van der Waals surface area contributed by atoms with Crippen molar-refractivity contribution in [2.24, 2.45) is 0 Å². The predicted molar refractivity (Wildman–Crippen MR) is 82.5 cm³/mol. The standard InChI is InChI=1S/C16H21N3O2/c1-19(2)6-5-12-9-17-15-4-3-11(8-14(12)15)7-13-10-21-16(20)18-13/h3-4,8-9,13,17H,5-7,10H2,1-2H3,(H,18,20)/t13-/m0/s1/i1D3,2D3,3D,4D,6D2,7D2,8D,9D/hD2. The molecule has 1 saturated heterocycles. The van der Waals surface area contributed by atoms with E-state index in [0.717, 1.165) is 0 Å². The molecule has 5 heteroatoms. The summed E-state index contributed by atoms with van der Waals surface area (Å²) in [5.74, 6) is 0. The van der Waals surface area contributed by atoms with Gasteiger partial charge in [-0.05, 0) is 50.0 Å². The number of ether oxygens (including phenoxy) is 1. The van der Waals surface area contributed by atoms with Crippen LogP contribution in [0.5, 0.6) is 0 Å². The first-order valence-electron chi connectivity index (χ1n) is 13.8. The molecule has 1 aromatic carbocycles. The van der Waals surface area contributed by atoms with Crippen LogP contribution in [0.25, 0.3) is 10.9 Å². The van der Waals surface area contributed by atoms with Gasteiger partial charge in [-0.25, -0.2) is 4.79 Å². The third kappa shape index (κ3) is 3.19. The monoisotopic (exact) mass is 303 g/mol. The Morgan fingerprint density at radius 3 is 3.29 bits per heavy atom. The van der Waals surface area contributed by atoms with Crippen molar-refractivity contribution in [3.63, 3.8) is 0 Å². The number of nitrogens with zero attached hydrogens (tertiary/aromatic N) is 1. The normalized spacial score (nSPS) is 32.3. The van der Waals surface area contributed by atoms with E-state index in [1.165, 1.54) is 0 Å². The first-order chi connectivity index (χ1) is 16.6. The van der Waals surface area contributed by atoms with E-state index in [0.29, 0.717) is 0 Å². The van der Waals surface area contributed by atoms with Gasteiger partial charge < -0.3 is 19.9 Å². The maximum atomic E-state index is 11.6. The summed E-state index contributed by atoms with van der Waals surface area (Å²) < 4.78 is 133. The Balaban J connectivity index is 2.32. The second-order valence-electron chi connectivity index (χ2n) is 4.21. The Bertz CT molecular complexity index is 1240. The fourth-order valence-electron chi connectivity index (χ4n) is 1.83. The number of aromatic nitrogens is 1. The molecule has 21 heavy (non-hydrogen) atoms. The molecule has 1 aliphatic rings. The van der Waals surface area contributed by atoms with Crippen LogP contribution in [0, 0.1) is 0 Å². The van der Waals surface area contributed by atoms with Crippen molar-refractivity contribution >= 4 is 17.0 Å². The van der Waals surface area contributed by atoms with Gasteiger partial charge in [0.15, 0.2) is 2.82 Å². The number of rotatable bonds is 5. The Morgan fingerprint density at radius 2 is 2.52 bits per heavy atom. The molecule has 0 saturated carbocycles. The van der Waals surface area contributed by atoms with Gasteiger partial charge in [0.2, 0.25) is 0 Å². The molecule has 1 amide bonds. The van der Waals surface area contributed by atoms with Crippen LogP contribution >= 0.6 is 0 Å². The number of carbonyl (C=O) groups excluding carboxylic acids is 1. The van der Waals surface area contributed by atoms with Crippen molar-refractivity contribution in [3.05, 3.63) is 35.4 Å².